The molecular weight excluding hydrogens is 409 g/mol. The van der Waals surface area contributed by atoms with E-state index in [0.717, 1.165) is 31.7 Å². The lowest BCUT2D eigenvalue weighted by molar-refractivity contribution is 0.0179. The molecule has 1 aliphatic heterocycles. The Kier molecular flexibility index (Phi) is 8.52. The number of likely N-dealkylation sites (tertiary alicyclic amines) is 1. The van der Waals surface area contributed by atoms with Gasteiger partial charge < -0.3 is 14.4 Å². The summed E-state index contributed by atoms with van der Waals surface area (Å²) in [6, 6.07) is 3.93. The fourth-order valence-corrected chi connectivity index (χ4v) is 4.88. The van der Waals surface area contributed by atoms with E-state index < -0.39 is 21.3 Å². The van der Waals surface area contributed by atoms with Gasteiger partial charge in [-0.05, 0) is 70.9 Å². The van der Waals surface area contributed by atoms with Crippen LogP contribution in [0.4, 0.5) is 9.18 Å². The summed E-state index contributed by atoms with van der Waals surface area (Å²) in [7, 11) is -3.59. The number of piperidine rings is 1. The van der Waals surface area contributed by atoms with Gasteiger partial charge in [-0.3, -0.25) is 0 Å². The van der Waals surface area contributed by atoms with Crippen LogP contribution in [-0.4, -0.2) is 50.5 Å². The van der Waals surface area contributed by atoms with E-state index in [0.29, 0.717) is 37.8 Å². The summed E-state index contributed by atoms with van der Waals surface area (Å²) in [5.41, 5.74) is -0.483. The van der Waals surface area contributed by atoms with Gasteiger partial charge in [0.1, 0.15) is 22.1 Å². The van der Waals surface area contributed by atoms with Gasteiger partial charge in [0.05, 0.1) is 12.4 Å². The van der Waals surface area contributed by atoms with Gasteiger partial charge in [-0.2, -0.15) is 0 Å². The predicted octanol–water partition coefficient (Wildman–Crippen LogP) is 4.82. The molecule has 1 aromatic carbocycles. The molecule has 0 spiro atoms. The van der Waals surface area contributed by atoms with Crippen LogP contribution in [-0.2, 0) is 14.6 Å². The third kappa shape index (κ3) is 7.45. The molecule has 0 unspecified atom stereocenters. The maximum Gasteiger partial charge on any atom is 0.410 e. The number of benzene rings is 1. The van der Waals surface area contributed by atoms with E-state index >= 15 is 0 Å². The molecule has 0 atom stereocenters. The average Bonchev–Trinajstić information content (AvgIpc) is 2.64. The summed E-state index contributed by atoms with van der Waals surface area (Å²) in [5, 5.41) is 0. The number of halogens is 1. The molecule has 6 nitrogen and oxygen atoms in total. The molecule has 1 amide bonds. The molecule has 0 aromatic heterocycles. The average molecular weight is 444 g/mol. The largest absolute Gasteiger partial charge is 0.493 e. The van der Waals surface area contributed by atoms with Crippen LogP contribution in [0.2, 0.25) is 0 Å². The van der Waals surface area contributed by atoms with Crippen molar-refractivity contribution in [2.75, 3.05) is 25.4 Å². The maximum atomic E-state index is 14.2. The highest BCUT2D eigenvalue weighted by Crippen LogP contribution is 2.25. The van der Waals surface area contributed by atoms with Crippen molar-refractivity contribution >= 4 is 15.9 Å². The third-order valence-corrected chi connectivity index (χ3v) is 6.95. The summed E-state index contributed by atoms with van der Waals surface area (Å²) in [6.45, 7) is 9.16. The Hall–Kier alpha value is -1.83. The Morgan fingerprint density at radius 3 is 2.47 bits per heavy atom. The number of nitrogens with zero attached hydrogens (tertiary/aromatic N) is 1. The Balaban J connectivity index is 1.72. The van der Waals surface area contributed by atoms with Gasteiger partial charge in [0.2, 0.25) is 0 Å². The first kappa shape index (κ1) is 24.4. The Labute approximate surface area is 179 Å². The SMILES string of the molecule is CCCS(=O)(=O)c1ccc(OCCCC2CCN(C(=O)OC(C)(C)C)CC2)cc1F. The van der Waals surface area contributed by atoms with E-state index in [4.69, 9.17) is 9.47 Å². The van der Waals surface area contributed by atoms with Gasteiger partial charge >= 0.3 is 6.09 Å². The Bertz CT molecular complexity index is 811. The predicted molar refractivity (Wildman–Crippen MR) is 114 cm³/mol. The second kappa shape index (κ2) is 10.5. The monoisotopic (exact) mass is 443 g/mol. The first-order valence-electron chi connectivity index (χ1n) is 10.6. The molecule has 1 fully saturated rings. The number of carbonyl (C=O) groups excluding carboxylic acids is 1. The van der Waals surface area contributed by atoms with Crippen LogP contribution in [0.5, 0.6) is 5.75 Å². The van der Waals surface area contributed by atoms with Crippen molar-refractivity contribution < 1.29 is 27.1 Å². The van der Waals surface area contributed by atoms with E-state index in [-0.39, 0.29) is 16.7 Å². The van der Waals surface area contributed by atoms with Gasteiger partial charge in [0.25, 0.3) is 0 Å². The lowest BCUT2D eigenvalue weighted by Crippen LogP contribution is -2.41. The van der Waals surface area contributed by atoms with Gasteiger partial charge in [-0.15, -0.1) is 0 Å². The molecule has 1 saturated heterocycles. The van der Waals surface area contributed by atoms with Crippen molar-refractivity contribution in [3.63, 3.8) is 0 Å². The lowest BCUT2D eigenvalue weighted by Gasteiger charge is -2.33. The first-order chi connectivity index (χ1) is 14.0. The molecule has 1 heterocycles. The van der Waals surface area contributed by atoms with Crippen molar-refractivity contribution in [1.82, 2.24) is 4.90 Å². The summed E-state index contributed by atoms with van der Waals surface area (Å²) >= 11 is 0. The minimum atomic E-state index is -3.59. The molecule has 0 saturated carbocycles. The molecule has 30 heavy (non-hydrogen) atoms. The molecular formula is C22H34FNO5S. The van der Waals surface area contributed by atoms with Crippen molar-refractivity contribution in [3.05, 3.63) is 24.0 Å². The second-order valence-electron chi connectivity index (χ2n) is 8.81. The summed E-state index contributed by atoms with van der Waals surface area (Å²) in [5.74, 6) is 0.0142. The molecule has 0 N–H and O–H groups in total. The lowest BCUT2D eigenvalue weighted by atomic mass is 9.92. The summed E-state index contributed by atoms with van der Waals surface area (Å²) < 4.78 is 49.2. The highest BCUT2D eigenvalue weighted by atomic mass is 32.2. The fraction of sp³-hybridized carbons (Fsp3) is 0.682. The zero-order chi connectivity index (χ0) is 22.4. The van der Waals surface area contributed by atoms with Gasteiger partial charge in [0.15, 0.2) is 9.84 Å². The van der Waals surface area contributed by atoms with E-state index in [1.165, 1.54) is 12.1 Å². The van der Waals surface area contributed by atoms with Crippen molar-refractivity contribution in [2.24, 2.45) is 5.92 Å². The van der Waals surface area contributed by atoms with Crippen LogP contribution in [0.1, 0.15) is 59.8 Å². The number of hydrogen-bond acceptors (Lipinski definition) is 5. The van der Waals surface area contributed by atoms with Crippen LogP contribution in [0.15, 0.2) is 23.1 Å². The zero-order valence-electron chi connectivity index (χ0n) is 18.4. The van der Waals surface area contributed by atoms with E-state index in [9.17, 15) is 17.6 Å². The van der Waals surface area contributed by atoms with Crippen molar-refractivity contribution in [2.45, 2.75) is 70.3 Å². The van der Waals surface area contributed by atoms with Crippen molar-refractivity contribution in [3.8, 4) is 5.75 Å². The van der Waals surface area contributed by atoms with Crippen LogP contribution >= 0.6 is 0 Å². The van der Waals surface area contributed by atoms with Gasteiger partial charge in [0, 0.05) is 19.2 Å². The molecule has 0 bridgehead atoms. The van der Waals surface area contributed by atoms with Gasteiger partial charge in [-0.25, -0.2) is 17.6 Å². The third-order valence-electron chi connectivity index (χ3n) is 5.00. The fourth-order valence-electron chi connectivity index (χ4n) is 3.49. The smallest absolute Gasteiger partial charge is 0.410 e. The number of sulfone groups is 1. The van der Waals surface area contributed by atoms with Gasteiger partial charge in [-0.1, -0.05) is 6.92 Å². The minimum absolute atomic E-state index is 0.0726. The summed E-state index contributed by atoms with van der Waals surface area (Å²) in [6.07, 6.45) is 3.82. The quantitative estimate of drug-likeness (QED) is 0.539. The number of rotatable bonds is 8. The Morgan fingerprint density at radius 1 is 1.23 bits per heavy atom. The number of hydrogen-bond donors (Lipinski definition) is 0. The number of ether oxygens (including phenoxy) is 2. The minimum Gasteiger partial charge on any atom is -0.493 e. The molecule has 8 heteroatoms. The van der Waals surface area contributed by atoms with E-state index in [1.54, 1.807) is 11.8 Å². The highest BCUT2D eigenvalue weighted by Gasteiger charge is 2.26. The molecule has 1 aromatic rings. The standard InChI is InChI=1S/C22H34FNO5S/c1-5-15-30(26,27)20-9-8-18(16-19(20)23)28-14-6-7-17-10-12-24(13-11-17)21(25)29-22(2,3)4/h8-9,16-17H,5-7,10-15H2,1-4H3. The highest BCUT2D eigenvalue weighted by molar-refractivity contribution is 7.91. The zero-order valence-corrected chi connectivity index (χ0v) is 19.3. The maximum absolute atomic E-state index is 14.2. The second-order valence-corrected chi connectivity index (χ2v) is 10.9. The van der Waals surface area contributed by atoms with Crippen LogP contribution in [0, 0.1) is 11.7 Å². The number of carbonyl (C=O) groups is 1. The molecule has 1 aliphatic rings. The van der Waals surface area contributed by atoms with Crippen LogP contribution < -0.4 is 4.74 Å². The van der Waals surface area contributed by atoms with E-state index in [1.807, 2.05) is 20.8 Å². The van der Waals surface area contributed by atoms with Crippen LogP contribution in [0.25, 0.3) is 0 Å². The topological polar surface area (TPSA) is 72.9 Å². The first-order valence-corrected chi connectivity index (χ1v) is 12.3. The summed E-state index contributed by atoms with van der Waals surface area (Å²) in [4.78, 5) is 13.6. The molecule has 2 rings (SSSR count). The van der Waals surface area contributed by atoms with E-state index in [2.05, 4.69) is 0 Å². The molecule has 0 radical (unpaired) electrons. The van der Waals surface area contributed by atoms with Crippen molar-refractivity contribution in [1.29, 1.82) is 0 Å². The molecule has 170 valence electrons. The Morgan fingerprint density at radius 2 is 1.90 bits per heavy atom. The normalized spacial score (nSPS) is 15.8. The van der Waals surface area contributed by atoms with Crippen LogP contribution in [0.3, 0.4) is 0 Å². The number of amides is 1. The molecule has 0 aliphatic carbocycles.